The van der Waals surface area contributed by atoms with E-state index in [-0.39, 0.29) is 0 Å². The average Bonchev–Trinajstić information content (AvgIpc) is 3.08. The van der Waals surface area contributed by atoms with Crippen molar-refractivity contribution >= 4 is 0 Å². The number of nitrogens with zero attached hydrogens (tertiary/aromatic N) is 1. The average molecular weight is 347 g/mol. The first kappa shape index (κ1) is 18.5. The minimum Gasteiger partial charge on any atom is -0.493 e. The highest BCUT2D eigenvalue weighted by Crippen LogP contribution is 2.30. The second-order valence-electron chi connectivity index (χ2n) is 7.59. The van der Waals surface area contributed by atoms with Crippen molar-refractivity contribution in [1.82, 2.24) is 4.90 Å². The van der Waals surface area contributed by atoms with Crippen LogP contribution in [0.1, 0.15) is 44.6 Å². The zero-order chi connectivity index (χ0) is 17.6. The third kappa shape index (κ3) is 4.68. The number of methoxy groups -OCH3 is 2. The standard InChI is InChI=1S/C21H33NO3/c1-16-10-12-22(15-16)18-6-4-5-7-19(18)25-13-11-17-8-9-20(23-2)21(14-17)24-3/h8-9,14,16,18-19H,4-7,10-13,15H2,1-3H3. The highest BCUT2D eigenvalue weighted by molar-refractivity contribution is 5.42. The molecule has 3 unspecified atom stereocenters. The molecule has 25 heavy (non-hydrogen) atoms. The first-order valence-corrected chi connectivity index (χ1v) is 9.78. The molecule has 2 fully saturated rings. The summed E-state index contributed by atoms with van der Waals surface area (Å²) in [6.45, 7) is 5.65. The smallest absolute Gasteiger partial charge is 0.160 e. The van der Waals surface area contributed by atoms with Gasteiger partial charge in [-0.15, -0.1) is 0 Å². The quantitative estimate of drug-likeness (QED) is 0.748. The SMILES string of the molecule is COc1ccc(CCOC2CCCCC2N2CCC(C)C2)cc1OC. The van der Waals surface area contributed by atoms with Crippen LogP contribution in [0.3, 0.4) is 0 Å². The first-order chi connectivity index (χ1) is 12.2. The zero-order valence-electron chi connectivity index (χ0n) is 16.0. The topological polar surface area (TPSA) is 30.9 Å². The van der Waals surface area contributed by atoms with Gasteiger partial charge in [0.1, 0.15) is 0 Å². The summed E-state index contributed by atoms with van der Waals surface area (Å²) in [5, 5.41) is 0. The minimum absolute atomic E-state index is 0.402. The molecule has 3 atom stereocenters. The Morgan fingerprint density at radius 1 is 1.04 bits per heavy atom. The van der Waals surface area contributed by atoms with Crippen molar-refractivity contribution in [1.29, 1.82) is 0 Å². The van der Waals surface area contributed by atoms with Crippen molar-refractivity contribution in [2.24, 2.45) is 5.92 Å². The lowest BCUT2D eigenvalue weighted by molar-refractivity contribution is -0.0298. The first-order valence-electron chi connectivity index (χ1n) is 9.78. The van der Waals surface area contributed by atoms with Crippen molar-refractivity contribution in [3.05, 3.63) is 23.8 Å². The van der Waals surface area contributed by atoms with E-state index in [1.54, 1.807) is 14.2 Å². The molecule has 0 bridgehead atoms. The van der Waals surface area contributed by atoms with Gasteiger partial charge in [0, 0.05) is 12.6 Å². The summed E-state index contributed by atoms with van der Waals surface area (Å²) in [4.78, 5) is 2.69. The van der Waals surface area contributed by atoms with Crippen LogP contribution < -0.4 is 9.47 Å². The summed E-state index contributed by atoms with van der Waals surface area (Å²) < 4.78 is 17.1. The van der Waals surface area contributed by atoms with Gasteiger partial charge in [-0.1, -0.05) is 25.8 Å². The van der Waals surface area contributed by atoms with Crippen molar-refractivity contribution in [2.75, 3.05) is 33.9 Å². The van der Waals surface area contributed by atoms with E-state index in [4.69, 9.17) is 14.2 Å². The van der Waals surface area contributed by atoms with Gasteiger partial charge in [0.15, 0.2) is 11.5 Å². The Bertz CT molecular complexity index is 548. The van der Waals surface area contributed by atoms with Crippen LogP contribution in [0.5, 0.6) is 11.5 Å². The fourth-order valence-electron chi connectivity index (χ4n) is 4.32. The lowest BCUT2D eigenvalue weighted by Crippen LogP contribution is -2.45. The highest BCUT2D eigenvalue weighted by atomic mass is 16.5. The van der Waals surface area contributed by atoms with Gasteiger partial charge in [-0.05, 0) is 55.8 Å². The Hall–Kier alpha value is -1.26. The van der Waals surface area contributed by atoms with Crippen LogP contribution in [0.15, 0.2) is 18.2 Å². The molecule has 1 aliphatic heterocycles. The van der Waals surface area contributed by atoms with Crippen LogP contribution >= 0.6 is 0 Å². The molecular formula is C21H33NO3. The molecule has 0 N–H and O–H groups in total. The second-order valence-corrected chi connectivity index (χ2v) is 7.59. The molecule has 2 aliphatic rings. The molecule has 1 aromatic carbocycles. The highest BCUT2D eigenvalue weighted by Gasteiger charge is 2.33. The third-order valence-corrected chi connectivity index (χ3v) is 5.76. The molecule has 1 saturated carbocycles. The molecule has 0 aromatic heterocycles. The van der Waals surface area contributed by atoms with Crippen LogP contribution in [0.25, 0.3) is 0 Å². The van der Waals surface area contributed by atoms with E-state index in [1.807, 2.05) is 6.07 Å². The molecule has 3 rings (SSSR count). The maximum absolute atomic E-state index is 6.36. The van der Waals surface area contributed by atoms with Gasteiger partial charge < -0.3 is 14.2 Å². The normalized spacial score (nSPS) is 27.4. The van der Waals surface area contributed by atoms with Crippen molar-refractivity contribution < 1.29 is 14.2 Å². The Morgan fingerprint density at radius 2 is 1.84 bits per heavy atom. The van der Waals surface area contributed by atoms with Crippen molar-refractivity contribution in [3.63, 3.8) is 0 Å². The molecular weight excluding hydrogens is 314 g/mol. The molecule has 1 aromatic rings. The molecule has 0 amide bonds. The fourth-order valence-corrected chi connectivity index (χ4v) is 4.32. The summed E-state index contributed by atoms with van der Waals surface area (Å²) in [5.41, 5.74) is 1.24. The Morgan fingerprint density at radius 3 is 2.56 bits per heavy atom. The van der Waals surface area contributed by atoms with Gasteiger partial charge in [0.25, 0.3) is 0 Å². The maximum atomic E-state index is 6.36. The number of hydrogen-bond acceptors (Lipinski definition) is 4. The van der Waals surface area contributed by atoms with Gasteiger partial charge in [0.05, 0.1) is 26.9 Å². The van der Waals surface area contributed by atoms with Crippen molar-refractivity contribution in [3.8, 4) is 11.5 Å². The van der Waals surface area contributed by atoms with Crippen LogP contribution in [0.4, 0.5) is 0 Å². The number of hydrogen-bond donors (Lipinski definition) is 0. The third-order valence-electron chi connectivity index (χ3n) is 5.76. The van der Waals surface area contributed by atoms with E-state index >= 15 is 0 Å². The number of rotatable bonds is 7. The van der Waals surface area contributed by atoms with Gasteiger partial charge in [-0.3, -0.25) is 4.90 Å². The van der Waals surface area contributed by atoms with Gasteiger partial charge in [-0.2, -0.15) is 0 Å². The minimum atomic E-state index is 0.402. The zero-order valence-corrected chi connectivity index (χ0v) is 16.0. The maximum Gasteiger partial charge on any atom is 0.160 e. The molecule has 1 saturated heterocycles. The summed E-state index contributed by atoms with van der Waals surface area (Å²) in [5.74, 6) is 2.42. The number of benzene rings is 1. The summed E-state index contributed by atoms with van der Waals surface area (Å²) >= 11 is 0. The van der Waals surface area contributed by atoms with Gasteiger partial charge >= 0.3 is 0 Å². The van der Waals surface area contributed by atoms with E-state index in [2.05, 4.69) is 24.0 Å². The molecule has 4 nitrogen and oxygen atoms in total. The van der Waals surface area contributed by atoms with E-state index in [1.165, 1.54) is 50.8 Å². The monoisotopic (exact) mass is 347 g/mol. The molecule has 1 heterocycles. The molecule has 140 valence electrons. The van der Waals surface area contributed by atoms with E-state index in [9.17, 15) is 0 Å². The molecule has 1 aliphatic carbocycles. The van der Waals surface area contributed by atoms with Crippen LogP contribution in [-0.2, 0) is 11.2 Å². The fraction of sp³-hybridized carbons (Fsp3) is 0.714. The van der Waals surface area contributed by atoms with Crippen LogP contribution in [0.2, 0.25) is 0 Å². The van der Waals surface area contributed by atoms with Crippen molar-refractivity contribution in [2.45, 2.75) is 57.6 Å². The summed E-state index contributed by atoms with van der Waals surface area (Å²) in [6.07, 6.45) is 7.83. The lowest BCUT2D eigenvalue weighted by Gasteiger charge is -2.38. The Balaban J connectivity index is 1.53. The van der Waals surface area contributed by atoms with Crippen LogP contribution in [-0.4, -0.2) is 51.0 Å². The molecule has 4 heteroatoms. The van der Waals surface area contributed by atoms with E-state index in [0.29, 0.717) is 12.1 Å². The van der Waals surface area contributed by atoms with Crippen LogP contribution in [0, 0.1) is 5.92 Å². The van der Waals surface area contributed by atoms with Gasteiger partial charge in [-0.25, -0.2) is 0 Å². The molecule has 0 spiro atoms. The summed E-state index contributed by atoms with van der Waals surface area (Å²) in [7, 11) is 3.35. The Labute approximate surface area is 152 Å². The largest absolute Gasteiger partial charge is 0.493 e. The van der Waals surface area contributed by atoms with Gasteiger partial charge in [0.2, 0.25) is 0 Å². The number of likely N-dealkylation sites (tertiary alicyclic amines) is 1. The Kier molecular flexibility index (Phi) is 6.60. The second kappa shape index (κ2) is 8.91. The van der Waals surface area contributed by atoms with E-state index in [0.717, 1.165) is 30.4 Å². The lowest BCUT2D eigenvalue weighted by atomic mass is 9.91. The predicted molar refractivity (Wildman–Crippen MR) is 101 cm³/mol. The predicted octanol–water partition coefficient (Wildman–Crippen LogP) is 3.92. The van der Waals surface area contributed by atoms with E-state index < -0.39 is 0 Å². The summed E-state index contributed by atoms with van der Waals surface area (Å²) in [6, 6.07) is 6.76. The molecule has 0 radical (unpaired) electrons. The number of ether oxygens (including phenoxy) is 3.